The molecule has 0 bridgehead atoms. The summed E-state index contributed by atoms with van der Waals surface area (Å²) in [5, 5.41) is 11.8. The molecule has 0 saturated carbocycles. The molecule has 2 nitrogen and oxygen atoms in total. The van der Waals surface area contributed by atoms with E-state index in [-0.39, 0.29) is 0 Å². The Morgan fingerprint density at radius 1 is 1.62 bits per heavy atom. The van der Waals surface area contributed by atoms with E-state index in [1.165, 1.54) is 2.88 Å². The molecule has 0 spiro atoms. The van der Waals surface area contributed by atoms with Crippen molar-refractivity contribution in [2.24, 2.45) is 0 Å². The van der Waals surface area contributed by atoms with Crippen LogP contribution in [0.3, 0.4) is 0 Å². The number of rotatable bonds is 2. The SMILES string of the molecule is OC(C1=CCCO1)c1csc(I)c1. The van der Waals surface area contributed by atoms with Crippen LogP contribution in [0.5, 0.6) is 0 Å². The van der Waals surface area contributed by atoms with Crippen LogP contribution in [0.25, 0.3) is 0 Å². The minimum absolute atomic E-state index is 0.567. The van der Waals surface area contributed by atoms with Gasteiger partial charge in [-0.2, -0.15) is 0 Å². The van der Waals surface area contributed by atoms with Gasteiger partial charge in [0.25, 0.3) is 0 Å². The Morgan fingerprint density at radius 3 is 3.00 bits per heavy atom. The predicted molar refractivity (Wildman–Crippen MR) is 60.6 cm³/mol. The molecule has 0 amide bonds. The van der Waals surface area contributed by atoms with Crippen LogP contribution in [0.1, 0.15) is 18.1 Å². The third-order valence-corrected chi connectivity index (χ3v) is 3.71. The maximum Gasteiger partial charge on any atom is 0.137 e. The molecule has 2 heterocycles. The molecule has 1 N–H and O–H groups in total. The molecule has 1 atom stereocenters. The Labute approximate surface area is 94.4 Å². The molecule has 1 unspecified atom stereocenters. The maximum atomic E-state index is 9.84. The predicted octanol–water partition coefficient (Wildman–Crippen LogP) is 2.69. The fourth-order valence-electron chi connectivity index (χ4n) is 1.26. The average molecular weight is 308 g/mol. The topological polar surface area (TPSA) is 29.5 Å². The molecule has 1 aromatic heterocycles. The van der Waals surface area contributed by atoms with E-state index in [1.54, 1.807) is 11.3 Å². The summed E-state index contributed by atoms with van der Waals surface area (Å²) < 4.78 is 6.48. The number of hydrogen-bond donors (Lipinski definition) is 1. The number of thiophene rings is 1. The minimum atomic E-state index is -0.567. The second kappa shape index (κ2) is 3.98. The average Bonchev–Trinajstić information content (AvgIpc) is 2.72. The highest BCUT2D eigenvalue weighted by Gasteiger charge is 2.18. The van der Waals surface area contributed by atoms with Gasteiger partial charge in [-0.1, -0.05) is 0 Å². The summed E-state index contributed by atoms with van der Waals surface area (Å²) in [4.78, 5) is 0. The quantitative estimate of drug-likeness (QED) is 0.851. The summed E-state index contributed by atoms with van der Waals surface area (Å²) >= 11 is 3.88. The van der Waals surface area contributed by atoms with Crippen molar-refractivity contribution in [1.82, 2.24) is 0 Å². The van der Waals surface area contributed by atoms with Gasteiger partial charge in [0.2, 0.25) is 0 Å². The molecule has 1 aliphatic rings. The van der Waals surface area contributed by atoms with Crippen molar-refractivity contribution in [3.8, 4) is 0 Å². The summed E-state index contributed by atoms with van der Waals surface area (Å²) in [6.07, 6.45) is 2.30. The molecule has 4 heteroatoms. The van der Waals surface area contributed by atoms with Crippen molar-refractivity contribution < 1.29 is 9.84 Å². The largest absolute Gasteiger partial charge is 0.495 e. The number of halogens is 1. The molecule has 13 heavy (non-hydrogen) atoms. The zero-order valence-corrected chi connectivity index (χ0v) is 9.84. The van der Waals surface area contributed by atoms with Crippen LogP contribution in [0, 0.1) is 2.88 Å². The minimum Gasteiger partial charge on any atom is -0.495 e. The Hall–Kier alpha value is -0.0700. The molecule has 0 fully saturated rings. The first-order chi connectivity index (χ1) is 6.27. The van der Waals surface area contributed by atoms with E-state index in [0.29, 0.717) is 12.4 Å². The van der Waals surface area contributed by atoms with Crippen LogP contribution < -0.4 is 0 Å². The summed E-state index contributed by atoms with van der Waals surface area (Å²) in [6.45, 7) is 0.702. The van der Waals surface area contributed by atoms with Crippen molar-refractivity contribution in [2.75, 3.05) is 6.61 Å². The fourth-order valence-corrected chi connectivity index (χ4v) is 2.65. The van der Waals surface area contributed by atoms with E-state index in [1.807, 2.05) is 17.5 Å². The molecular weight excluding hydrogens is 299 g/mol. The van der Waals surface area contributed by atoms with E-state index in [0.717, 1.165) is 12.0 Å². The molecule has 1 aliphatic heterocycles. The molecule has 70 valence electrons. The van der Waals surface area contributed by atoms with Crippen LogP contribution in [0.4, 0.5) is 0 Å². The van der Waals surface area contributed by atoms with Gasteiger partial charge < -0.3 is 9.84 Å². The van der Waals surface area contributed by atoms with Gasteiger partial charge in [-0.25, -0.2) is 0 Å². The van der Waals surface area contributed by atoms with Crippen molar-refractivity contribution >= 4 is 33.9 Å². The summed E-state index contributed by atoms with van der Waals surface area (Å²) in [5.74, 6) is 0.703. The second-order valence-corrected chi connectivity index (χ2v) is 5.64. The Kier molecular flexibility index (Phi) is 2.90. The maximum absolute atomic E-state index is 9.84. The van der Waals surface area contributed by atoms with Gasteiger partial charge >= 0.3 is 0 Å². The summed E-state index contributed by atoms with van der Waals surface area (Å²) in [5.41, 5.74) is 0.933. The van der Waals surface area contributed by atoms with Gasteiger partial charge in [0.15, 0.2) is 0 Å². The van der Waals surface area contributed by atoms with Gasteiger partial charge in [-0.3, -0.25) is 0 Å². The normalized spacial score (nSPS) is 18.2. The first-order valence-corrected chi connectivity index (χ1v) is 5.98. The smallest absolute Gasteiger partial charge is 0.137 e. The zero-order chi connectivity index (χ0) is 9.26. The van der Waals surface area contributed by atoms with Crippen LogP contribution >= 0.6 is 33.9 Å². The van der Waals surface area contributed by atoms with Crippen molar-refractivity contribution in [3.05, 3.63) is 31.7 Å². The highest BCUT2D eigenvalue weighted by molar-refractivity contribution is 14.1. The van der Waals surface area contributed by atoms with Gasteiger partial charge in [0, 0.05) is 6.42 Å². The fraction of sp³-hybridized carbons (Fsp3) is 0.333. The lowest BCUT2D eigenvalue weighted by Crippen LogP contribution is -2.00. The lowest BCUT2D eigenvalue weighted by molar-refractivity contribution is 0.119. The Bertz CT molecular complexity index is 332. The molecule has 0 radical (unpaired) electrons. The second-order valence-electron chi connectivity index (χ2n) is 2.83. The lowest BCUT2D eigenvalue weighted by Gasteiger charge is -2.09. The van der Waals surface area contributed by atoms with Gasteiger partial charge in [-0.05, 0) is 45.7 Å². The number of aliphatic hydroxyl groups is 1. The Morgan fingerprint density at radius 2 is 2.46 bits per heavy atom. The lowest BCUT2D eigenvalue weighted by atomic mass is 10.1. The highest BCUT2D eigenvalue weighted by Crippen LogP contribution is 2.29. The van der Waals surface area contributed by atoms with Crippen molar-refractivity contribution in [2.45, 2.75) is 12.5 Å². The van der Waals surface area contributed by atoms with Crippen LogP contribution in [0.2, 0.25) is 0 Å². The third-order valence-electron chi connectivity index (χ3n) is 1.91. The first kappa shape index (κ1) is 9.48. The van der Waals surface area contributed by atoms with Gasteiger partial charge in [0.1, 0.15) is 11.9 Å². The summed E-state index contributed by atoms with van der Waals surface area (Å²) in [7, 11) is 0. The van der Waals surface area contributed by atoms with E-state index < -0.39 is 6.10 Å². The zero-order valence-electron chi connectivity index (χ0n) is 6.87. The third kappa shape index (κ3) is 2.05. The van der Waals surface area contributed by atoms with Crippen LogP contribution in [-0.2, 0) is 4.74 Å². The van der Waals surface area contributed by atoms with E-state index in [2.05, 4.69) is 22.6 Å². The highest BCUT2D eigenvalue weighted by atomic mass is 127. The van der Waals surface area contributed by atoms with Crippen LogP contribution in [0.15, 0.2) is 23.3 Å². The molecule has 0 aromatic carbocycles. The molecule has 1 aromatic rings. The summed E-state index contributed by atoms with van der Waals surface area (Å²) in [6, 6.07) is 1.98. The van der Waals surface area contributed by atoms with Crippen LogP contribution in [-0.4, -0.2) is 11.7 Å². The van der Waals surface area contributed by atoms with E-state index in [4.69, 9.17) is 4.74 Å². The molecule has 2 rings (SSSR count). The van der Waals surface area contributed by atoms with E-state index >= 15 is 0 Å². The molecular formula is C9H9IO2S. The monoisotopic (exact) mass is 308 g/mol. The first-order valence-electron chi connectivity index (χ1n) is 4.02. The number of ether oxygens (including phenoxy) is 1. The standard InChI is InChI=1S/C9H9IO2S/c10-8-4-6(5-13-8)9(11)7-2-1-3-12-7/h2,4-5,9,11H,1,3H2. The van der Waals surface area contributed by atoms with Gasteiger partial charge in [0.05, 0.1) is 9.49 Å². The Balaban J connectivity index is 2.16. The number of hydrogen-bond acceptors (Lipinski definition) is 3. The molecule has 0 saturated heterocycles. The van der Waals surface area contributed by atoms with E-state index in [9.17, 15) is 5.11 Å². The van der Waals surface area contributed by atoms with Crippen molar-refractivity contribution in [3.63, 3.8) is 0 Å². The van der Waals surface area contributed by atoms with Crippen molar-refractivity contribution in [1.29, 1.82) is 0 Å². The number of aliphatic hydroxyl groups excluding tert-OH is 1. The van der Waals surface area contributed by atoms with Gasteiger partial charge in [-0.15, -0.1) is 11.3 Å². The molecule has 0 aliphatic carbocycles.